The number of aliphatic carboxylic acids is 1. The first kappa shape index (κ1) is 17.2. The maximum atomic E-state index is 11.5. The van der Waals surface area contributed by atoms with Crippen molar-refractivity contribution in [2.45, 2.75) is 25.8 Å². The number of hydrogen-bond acceptors (Lipinski definition) is 4. The highest BCUT2D eigenvalue weighted by Crippen LogP contribution is 2.36. The normalized spacial score (nSPS) is 19.5. The lowest BCUT2D eigenvalue weighted by Gasteiger charge is -2.36. The molecule has 0 aliphatic carbocycles. The van der Waals surface area contributed by atoms with Gasteiger partial charge in [-0.2, -0.15) is 0 Å². The molecule has 4 rings (SSSR count). The van der Waals surface area contributed by atoms with E-state index in [0.717, 1.165) is 35.9 Å². The summed E-state index contributed by atoms with van der Waals surface area (Å²) in [6.07, 6.45) is 3.63. The number of carboxylic acids is 1. The van der Waals surface area contributed by atoms with Gasteiger partial charge in [-0.05, 0) is 56.1 Å². The number of aryl methyl sites for hydroxylation is 1. The van der Waals surface area contributed by atoms with Crippen LogP contribution in [0.1, 0.15) is 34.2 Å². The molecule has 0 radical (unpaired) electrons. The molecule has 26 heavy (non-hydrogen) atoms. The molecule has 1 aliphatic heterocycles. The first-order valence-electron chi connectivity index (χ1n) is 9.00. The second-order valence-corrected chi connectivity index (χ2v) is 8.30. The lowest BCUT2D eigenvalue weighted by molar-refractivity contribution is -0.143. The van der Waals surface area contributed by atoms with Crippen LogP contribution in [-0.2, 0) is 4.79 Å². The van der Waals surface area contributed by atoms with E-state index in [0.29, 0.717) is 6.54 Å². The predicted molar refractivity (Wildman–Crippen MR) is 105 cm³/mol. The van der Waals surface area contributed by atoms with Gasteiger partial charge in [-0.1, -0.05) is 18.2 Å². The standard InChI is InChI=1S/C21H22N2O2S/c1-14-8-9-19(26-14)20(23-10-4-6-16(13-23)21(24)25)17-11-15-5-2-3-7-18(15)22-12-17/h2-3,5,7-9,11-12,16,20H,4,6,10,13H2,1H3,(H,24,25). The third kappa shape index (κ3) is 3.37. The molecule has 1 aliphatic rings. The van der Waals surface area contributed by atoms with Crippen molar-refractivity contribution in [3.8, 4) is 0 Å². The number of piperidine rings is 1. The van der Waals surface area contributed by atoms with Gasteiger partial charge in [-0.3, -0.25) is 14.7 Å². The van der Waals surface area contributed by atoms with Gasteiger partial charge >= 0.3 is 5.97 Å². The van der Waals surface area contributed by atoms with Crippen LogP contribution in [0, 0.1) is 12.8 Å². The molecule has 1 fully saturated rings. The molecule has 1 saturated heterocycles. The topological polar surface area (TPSA) is 53.4 Å². The molecular weight excluding hydrogens is 344 g/mol. The van der Waals surface area contributed by atoms with Crippen LogP contribution in [0.15, 0.2) is 48.7 Å². The SMILES string of the molecule is Cc1ccc(C(c2cnc3ccccc3c2)N2CCCC(C(=O)O)C2)s1. The molecule has 2 aromatic heterocycles. The minimum Gasteiger partial charge on any atom is -0.481 e. The zero-order chi connectivity index (χ0) is 18.1. The molecule has 0 bridgehead atoms. The van der Waals surface area contributed by atoms with E-state index in [1.165, 1.54) is 9.75 Å². The van der Waals surface area contributed by atoms with E-state index in [4.69, 9.17) is 0 Å². The van der Waals surface area contributed by atoms with Crippen LogP contribution < -0.4 is 0 Å². The van der Waals surface area contributed by atoms with Gasteiger partial charge in [0.25, 0.3) is 0 Å². The summed E-state index contributed by atoms with van der Waals surface area (Å²) in [5.74, 6) is -0.979. The Morgan fingerprint density at radius 2 is 2.15 bits per heavy atom. The number of hydrogen-bond donors (Lipinski definition) is 1. The van der Waals surface area contributed by atoms with E-state index in [2.05, 4.69) is 41.1 Å². The largest absolute Gasteiger partial charge is 0.481 e. The molecule has 4 nitrogen and oxygen atoms in total. The molecule has 0 amide bonds. The monoisotopic (exact) mass is 366 g/mol. The number of rotatable bonds is 4. The number of carbonyl (C=O) groups is 1. The van der Waals surface area contributed by atoms with Gasteiger partial charge in [-0.25, -0.2) is 0 Å². The minimum absolute atomic E-state index is 0.0629. The van der Waals surface area contributed by atoms with Crippen molar-refractivity contribution in [1.82, 2.24) is 9.88 Å². The van der Waals surface area contributed by atoms with Crippen LogP contribution in [0.4, 0.5) is 0 Å². The van der Waals surface area contributed by atoms with E-state index < -0.39 is 5.97 Å². The Morgan fingerprint density at radius 1 is 1.31 bits per heavy atom. The molecule has 0 saturated carbocycles. The Balaban J connectivity index is 1.76. The summed E-state index contributed by atoms with van der Waals surface area (Å²) in [6, 6.07) is 14.7. The van der Waals surface area contributed by atoms with Crippen LogP contribution in [-0.4, -0.2) is 34.0 Å². The van der Waals surface area contributed by atoms with Crippen LogP contribution >= 0.6 is 11.3 Å². The van der Waals surface area contributed by atoms with Crippen molar-refractivity contribution < 1.29 is 9.90 Å². The number of benzene rings is 1. The Bertz CT molecular complexity index is 936. The third-order valence-corrected chi connectivity index (χ3v) is 6.18. The van der Waals surface area contributed by atoms with Gasteiger partial charge in [0.05, 0.1) is 17.5 Å². The van der Waals surface area contributed by atoms with E-state index in [1.54, 1.807) is 11.3 Å². The first-order valence-corrected chi connectivity index (χ1v) is 9.81. The number of carboxylic acid groups (broad SMARTS) is 1. The van der Waals surface area contributed by atoms with Gasteiger partial charge in [0, 0.05) is 27.9 Å². The van der Waals surface area contributed by atoms with Gasteiger partial charge in [0.2, 0.25) is 0 Å². The van der Waals surface area contributed by atoms with Crippen LogP contribution in [0.3, 0.4) is 0 Å². The van der Waals surface area contributed by atoms with Crippen LogP contribution in [0.2, 0.25) is 0 Å². The maximum absolute atomic E-state index is 11.5. The molecular formula is C21H22N2O2S. The lowest BCUT2D eigenvalue weighted by Crippen LogP contribution is -2.41. The fourth-order valence-corrected chi connectivity index (χ4v) is 4.88. The van der Waals surface area contributed by atoms with Gasteiger partial charge in [0.15, 0.2) is 0 Å². The molecule has 2 unspecified atom stereocenters. The Labute approximate surface area is 157 Å². The van der Waals surface area contributed by atoms with Crippen molar-refractivity contribution in [3.05, 3.63) is 64.0 Å². The third-order valence-electron chi connectivity index (χ3n) is 5.13. The number of likely N-dealkylation sites (tertiary alicyclic amines) is 1. The highest BCUT2D eigenvalue weighted by Gasteiger charge is 2.32. The summed E-state index contributed by atoms with van der Waals surface area (Å²) in [4.78, 5) is 21.0. The molecule has 5 heteroatoms. The van der Waals surface area contributed by atoms with E-state index in [1.807, 2.05) is 24.4 Å². The molecule has 1 aromatic carbocycles. The number of thiophene rings is 1. The van der Waals surface area contributed by atoms with Gasteiger partial charge in [0.1, 0.15) is 0 Å². The number of fused-ring (bicyclic) bond motifs is 1. The number of para-hydroxylation sites is 1. The number of pyridine rings is 1. The fourth-order valence-electron chi connectivity index (χ4n) is 3.84. The molecule has 134 valence electrons. The predicted octanol–water partition coefficient (Wildman–Crippen LogP) is 4.49. The van der Waals surface area contributed by atoms with E-state index in [9.17, 15) is 9.90 Å². The highest BCUT2D eigenvalue weighted by molar-refractivity contribution is 7.12. The summed E-state index contributed by atoms with van der Waals surface area (Å²) >= 11 is 1.78. The summed E-state index contributed by atoms with van der Waals surface area (Å²) in [7, 11) is 0. The van der Waals surface area contributed by atoms with Gasteiger partial charge < -0.3 is 5.11 Å². The second kappa shape index (κ2) is 7.17. The number of aromatic nitrogens is 1. The van der Waals surface area contributed by atoms with Crippen molar-refractivity contribution >= 4 is 28.2 Å². The second-order valence-electron chi connectivity index (χ2n) is 6.98. The average Bonchev–Trinajstić information content (AvgIpc) is 3.08. The minimum atomic E-state index is -0.688. The summed E-state index contributed by atoms with van der Waals surface area (Å²) in [5.41, 5.74) is 2.12. The molecule has 1 N–H and O–H groups in total. The van der Waals surface area contributed by atoms with Crippen LogP contribution in [0.25, 0.3) is 10.9 Å². The zero-order valence-corrected chi connectivity index (χ0v) is 15.6. The number of nitrogens with zero attached hydrogens (tertiary/aromatic N) is 2. The van der Waals surface area contributed by atoms with Crippen molar-refractivity contribution in [2.24, 2.45) is 5.92 Å². The lowest BCUT2D eigenvalue weighted by atomic mass is 9.94. The summed E-state index contributed by atoms with van der Waals surface area (Å²) < 4.78 is 0. The summed E-state index contributed by atoms with van der Waals surface area (Å²) in [5, 5.41) is 10.6. The highest BCUT2D eigenvalue weighted by atomic mass is 32.1. The van der Waals surface area contributed by atoms with Crippen molar-refractivity contribution in [2.75, 3.05) is 13.1 Å². The maximum Gasteiger partial charge on any atom is 0.307 e. The van der Waals surface area contributed by atoms with E-state index >= 15 is 0 Å². The fraction of sp³-hybridized carbons (Fsp3) is 0.333. The molecule has 3 heterocycles. The Hall–Kier alpha value is -2.24. The smallest absolute Gasteiger partial charge is 0.307 e. The zero-order valence-electron chi connectivity index (χ0n) is 14.8. The van der Waals surface area contributed by atoms with Crippen LogP contribution in [0.5, 0.6) is 0 Å². The quantitative estimate of drug-likeness (QED) is 0.739. The molecule has 2 atom stereocenters. The summed E-state index contributed by atoms with van der Waals surface area (Å²) in [6.45, 7) is 3.61. The van der Waals surface area contributed by atoms with Crippen molar-refractivity contribution in [3.63, 3.8) is 0 Å². The molecule has 0 spiro atoms. The van der Waals surface area contributed by atoms with Gasteiger partial charge in [-0.15, -0.1) is 11.3 Å². The van der Waals surface area contributed by atoms with E-state index in [-0.39, 0.29) is 12.0 Å². The Morgan fingerprint density at radius 3 is 2.92 bits per heavy atom. The first-order chi connectivity index (χ1) is 12.6. The Kier molecular flexibility index (Phi) is 4.74. The average molecular weight is 366 g/mol. The molecule has 3 aromatic rings. The van der Waals surface area contributed by atoms with Crippen molar-refractivity contribution in [1.29, 1.82) is 0 Å².